The van der Waals surface area contributed by atoms with E-state index in [1.807, 2.05) is 12.2 Å². The number of rotatable bonds is 17. The largest absolute Gasteiger partial charge is 0.310 e. The molecule has 470 valence electrons. The van der Waals surface area contributed by atoms with Gasteiger partial charge in [0.25, 0.3) is 0 Å². The van der Waals surface area contributed by atoms with Crippen molar-refractivity contribution < 1.29 is 0 Å². The van der Waals surface area contributed by atoms with Crippen LogP contribution in [-0.2, 0) is 23.7 Å². The van der Waals surface area contributed by atoms with Gasteiger partial charge in [-0.05, 0) is 225 Å². The molecule has 0 N–H and O–H groups in total. The molecule has 0 saturated heterocycles. The first-order valence-electron chi connectivity index (χ1n) is 34.2. The lowest BCUT2D eigenvalue weighted by Crippen LogP contribution is -2.30. The minimum absolute atomic E-state index is 0.481. The van der Waals surface area contributed by atoms with Gasteiger partial charge in [0.1, 0.15) is 0 Å². The number of aryl methyl sites for hydroxylation is 4. The van der Waals surface area contributed by atoms with E-state index >= 15 is 0 Å². The zero-order valence-corrected chi connectivity index (χ0v) is 56.1. The monoisotopic (exact) mass is 1260 g/mol. The number of hydrogen-bond donors (Lipinski definition) is 0. The van der Waals surface area contributed by atoms with Crippen LogP contribution in [0.4, 0.5) is 34.1 Å². The Morgan fingerprint density at radius 3 is 0.847 bits per heavy atom. The summed E-state index contributed by atoms with van der Waals surface area (Å²) in [5.41, 5.74) is 35.3. The van der Waals surface area contributed by atoms with E-state index in [0.717, 1.165) is 69.2 Å². The Kier molecular flexibility index (Phi) is 15.8. The molecule has 0 amide bonds. The van der Waals surface area contributed by atoms with Crippen LogP contribution in [0.25, 0.3) is 67.8 Å². The molecular formula is C96H76N2. The van der Waals surface area contributed by atoms with Gasteiger partial charge in [-0.1, -0.05) is 302 Å². The van der Waals surface area contributed by atoms with Gasteiger partial charge >= 0.3 is 0 Å². The third-order valence-corrected chi connectivity index (χ3v) is 20.6. The molecule has 2 nitrogen and oxygen atoms in total. The van der Waals surface area contributed by atoms with Gasteiger partial charge in [0.05, 0.1) is 10.8 Å². The normalized spacial score (nSPS) is 14.8. The maximum Gasteiger partial charge on any atom is 0.0504 e. The highest BCUT2D eigenvalue weighted by atomic mass is 15.1. The second-order valence-electron chi connectivity index (χ2n) is 26.9. The standard InChI is InChI=1S/C96H76N2/c1-7-69-27-31-71(32-28-69)63-95(79-57-65(3)55-66(4)58-79)91-25-17-15-23-87(91)89-53-51-85(61-93(89)95)97(81-43-35-75(36-44-81)73-19-11-9-12-20-73)83-47-39-77(40-48-83)78-41-49-84(50-42-78)98(82-45-37-76(38-46-82)74-21-13-10-14-22-74)86-52-54-90-88-24-16-18-26-92(88)96(94(90)62-86,80-59-67(5)56-68(6)60-80)64-72-33-29-70(8-2)30-34-72/h7-62H,1-2,63-64H2,3-6H3. The molecule has 14 aromatic rings. The summed E-state index contributed by atoms with van der Waals surface area (Å²) in [6.45, 7) is 17.1. The van der Waals surface area contributed by atoms with Crippen LogP contribution >= 0.6 is 0 Å². The molecule has 0 fully saturated rings. The van der Waals surface area contributed by atoms with Crippen LogP contribution in [0, 0.1) is 27.7 Å². The van der Waals surface area contributed by atoms with Crippen LogP contribution in [0.3, 0.4) is 0 Å². The van der Waals surface area contributed by atoms with Crippen LogP contribution in [0.2, 0.25) is 0 Å². The minimum Gasteiger partial charge on any atom is -0.310 e. The van der Waals surface area contributed by atoms with E-state index < -0.39 is 10.8 Å². The van der Waals surface area contributed by atoms with Crippen molar-refractivity contribution in [2.45, 2.75) is 51.4 Å². The van der Waals surface area contributed by atoms with Crippen LogP contribution in [0.15, 0.2) is 341 Å². The fraction of sp³-hybridized carbons (Fsp3) is 0.0833. The van der Waals surface area contributed by atoms with E-state index in [9.17, 15) is 0 Å². The maximum atomic E-state index is 4.09. The number of fused-ring (bicyclic) bond motifs is 6. The highest BCUT2D eigenvalue weighted by molar-refractivity contribution is 5.91. The van der Waals surface area contributed by atoms with E-state index in [4.69, 9.17) is 0 Å². The fourth-order valence-corrected chi connectivity index (χ4v) is 16.2. The fourth-order valence-electron chi connectivity index (χ4n) is 16.2. The molecule has 2 unspecified atom stereocenters. The maximum absolute atomic E-state index is 4.09. The molecule has 98 heavy (non-hydrogen) atoms. The molecule has 0 aliphatic heterocycles. The molecule has 14 aromatic carbocycles. The van der Waals surface area contributed by atoms with Crippen LogP contribution < -0.4 is 9.80 Å². The van der Waals surface area contributed by atoms with Crippen molar-refractivity contribution in [3.05, 3.63) is 419 Å². The lowest BCUT2D eigenvalue weighted by Gasteiger charge is -2.35. The molecule has 16 rings (SSSR count). The van der Waals surface area contributed by atoms with Gasteiger partial charge in [0.15, 0.2) is 0 Å². The summed E-state index contributed by atoms with van der Waals surface area (Å²) >= 11 is 0. The van der Waals surface area contributed by atoms with Crippen molar-refractivity contribution in [2.75, 3.05) is 9.80 Å². The minimum atomic E-state index is -0.481. The van der Waals surface area contributed by atoms with Gasteiger partial charge in [0.2, 0.25) is 0 Å². The van der Waals surface area contributed by atoms with Crippen molar-refractivity contribution in [3.8, 4) is 55.6 Å². The summed E-state index contributed by atoms with van der Waals surface area (Å²) in [6, 6.07) is 123. The highest BCUT2D eigenvalue weighted by Gasteiger charge is 2.47. The summed E-state index contributed by atoms with van der Waals surface area (Å²) < 4.78 is 0. The van der Waals surface area contributed by atoms with Crippen LogP contribution in [0.1, 0.15) is 77.9 Å². The predicted molar refractivity (Wildman–Crippen MR) is 415 cm³/mol. The Bertz CT molecular complexity index is 4920. The lowest BCUT2D eigenvalue weighted by molar-refractivity contribution is 0.628. The van der Waals surface area contributed by atoms with E-state index in [2.05, 4.69) is 378 Å². The zero-order valence-electron chi connectivity index (χ0n) is 56.1. The number of anilines is 6. The molecule has 0 heterocycles. The average Bonchev–Trinajstić information content (AvgIpc) is 1.55. The van der Waals surface area contributed by atoms with Gasteiger partial charge in [-0.2, -0.15) is 0 Å². The highest BCUT2D eigenvalue weighted by Crippen LogP contribution is 2.58. The van der Waals surface area contributed by atoms with E-state index in [0.29, 0.717) is 0 Å². The van der Waals surface area contributed by atoms with Gasteiger partial charge in [0, 0.05) is 34.1 Å². The Hall–Kier alpha value is -11.8. The first kappa shape index (κ1) is 61.1. The van der Waals surface area contributed by atoms with E-state index in [1.165, 1.54) is 111 Å². The van der Waals surface area contributed by atoms with Crippen molar-refractivity contribution in [2.24, 2.45) is 0 Å². The molecule has 2 atom stereocenters. The second-order valence-corrected chi connectivity index (χ2v) is 26.9. The Morgan fingerprint density at radius 2 is 0.531 bits per heavy atom. The van der Waals surface area contributed by atoms with Gasteiger partial charge in [-0.15, -0.1) is 0 Å². The number of hydrogen-bond acceptors (Lipinski definition) is 2. The third-order valence-electron chi connectivity index (χ3n) is 20.6. The molecular weight excluding hydrogens is 1180 g/mol. The Balaban J connectivity index is 0.806. The van der Waals surface area contributed by atoms with E-state index in [-0.39, 0.29) is 0 Å². The third kappa shape index (κ3) is 11.0. The summed E-state index contributed by atoms with van der Waals surface area (Å²) in [4.78, 5) is 4.89. The van der Waals surface area contributed by atoms with Crippen molar-refractivity contribution in [1.29, 1.82) is 0 Å². The second kappa shape index (κ2) is 25.4. The van der Waals surface area contributed by atoms with E-state index in [1.54, 1.807) is 0 Å². The number of benzene rings is 14. The molecule has 2 heteroatoms. The molecule has 0 radical (unpaired) electrons. The summed E-state index contributed by atoms with van der Waals surface area (Å²) in [6.07, 6.45) is 5.44. The summed E-state index contributed by atoms with van der Waals surface area (Å²) in [7, 11) is 0. The number of nitrogens with zero attached hydrogens (tertiary/aromatic N) is 2. The van der Waals surface area contributed by atoms with Crippen molar-refractivity contribution >= 4 is 46.3 Å². The van der Waals surface area contributed by atoms with Gasteiger partial charge in [-0.25, -0.2) is 0 Å². The molecule has 0 spiro atoms. The zero-order chi connectivity index (χ0) is 66.5. The quantitative estimate of drug-likeness (QED) is 0.0896. The average molecular weight is 1260 g/mol. The lowest BCUT2D eigenvalue weighted by atomic mass is 9.68. The van der Waals surface area contributed by atoms with Crippen LogP contribution in [-0.4, -0.2) is 0 Å². The van der Waals surface area contributed by atoms with Gasteiger partial charge < -0.3 is 9.80 Å². The predicted octanol–water partition coefficient (Wildman–Crippen LogP) is 25.3. The molecule has 0 bridgehead atoms. The topological polar surface area (TPSA) is 6.48 Å². The first-order chi connectivity index (χ1) is 48.0. The molecule has 2 aliphatic carbocycles. The summed E-state index contributed by atoms with van der Waals surface area (Å²) in [5, 5.41) is 0. The first-order valence-corrected chi connectivity index (χ1v) is 34.2. The van der Waals surface area contributed by atoms with Gasteiger partial charge in [-0.3, -0.25) is 0 Å². The molecule has 0 saturated carbocycles. The van der Waals surface area contributed by atoms with Crippen molar-refractivity contribution in [3.63, 3.8) is 0 Å². The van der Waals surface area contributed by atoms with Crippen LogP contribution in [0.5, 0.6) is 0 Å². The summed E-state index contributed by atoms with van der Waals surface area (Å²) in [5.74, 6) is 0. The molecule has 2 aliphatic rings. The Morgan fingerprint density at radius 1 is 0.255 bits per heavy atom. The SMILES string of the molecule is C=Cc1ccc(CC2(c3cc(C)cc(C)c3)c3ccccc3-c3ccc(N(c4ccc(-c5ccccc5)cc4)c4ccc(-c5ccc(N(c6ccc(-c7ccccc7)cc6)c6ccc7c(c6)C(Cc6ccc(C=C)cc6)(c6cc(C)cc(C)c6)c6ccccc6-7)cc5)cc4)cc32)cc1. The Labute approximate surface area is 578 Å². The van der Waals surface area contributed by atoms with Crippen molar-refractivity contribution in [1.82, 2.24) is 0 Å². The molecule has 0 aromatic heterocycles. The smallest absolute Gasteiger partial charge is 0.0504 e.